The van der Waals surface area contributed by atoms with Crippen LogP contribution >= 0.6 is 7.26 Å². The Labute approximate surface area is 112 Å². The van der Waals surface area contributed by atoms with Gasteiger partial charge in [-0.05, 0) is 23.6 Å². The monoisotopic (exact) mass is 259 g/mol. The summed E-state index contributed by atoms with van der Waals surface area (Å²) in [6.07, 6.45) is 11.7. The summed E-state index contributed by atoms with van der Waals surface area (Å²) < 4.78 is 0. The summed E-state index contributed by atoms with van der Waals surface area (Å²) in [6, 6.07) is 9.16. The van der Waals surface area contributed by atoms with Gasteiger partial charge in [0.05, 0.1) is 24.8 Å². The van der Waals surface area contributed by atoms with Crippen molar-refractivity contribution in [3.63, 3.8) is 0 Å². The normalized spacial score (nSPS) is 14.9. The lowest BCUT2D eigenvalue weighted by molar-refractivity contribution is 1.10. The first-order valence-corrected chi connectivity index (χ1v) is 9.76. The van der Waals surface area contributed by atoms with Crippen LogP contribution in [0, 0.1) is 0 Å². The van der Waals surface area contributed by atoms with Gasteiger partial charge >= 0.3 is 0 Å². The van der Waals surface area contributed by atoms with E-state index in [0.717, 1.165) is 6.42 Å². The molecular weight excluding hydrogens is 235 g/mol. The molecule has 0 heterocycles. The van der Waals surface area contributed by atoms with Crippen molar-refractivity contribution in [2.24, 2.45) is 0 Å². The number of rotatable bonds is 5. The summed E-state index contributed by atoms with van der Waals surface area (Å²) in [5, 5.41) is 1.69. The van der Waals surface area contributed by atoms with Gasteiger partial charge in [0.1, 0.15) is 0 Å². The molecule has 0 nitrogen and oxygen atoms in total. The fraction of sp³-hybridized carbons (Fsp3) is 0.412. The minimum absolute atomic E-state index is 0.876. The number of allylic oxidation sites excluding steroid dienone is 4. The average molecular weight is 259 g/mol. The van der Waals surface area contributed by atoms with E-state index in [1.54, 1.807) is 5.31 Å². The molecule has 0 spiro atoms. The number of hydrogen-bond donors (Lipinski definition) is 0. The smallest absolute Gasteiger partial charge is 0.0747 e. The maximum absolute atomic E-state index is 2.48. The number of aryl methyl sites for hydroxylation is 2. The molecule has 18 heavy (non-hydrogen) atoms. The molecule has 1 aromatic rings. The van der Waals surface area contributed by atoms with Gasteiger partial charge in [0.25, 0.3) is 0 Å². The molecule has 1 aliphatic carbocycles. The molecule has 0 bridgehead atoms. The highest BCUT2D eigenvalue weighted by Crippen LogP contribution is 2.61. The summed E-state index contributed by atoms with van der Waals surface area (Å²) >= 11 is 0. The molecule has 0 aromatic heterocycles. The maximum Gasteiger partial charge on any atom is 0.0747 e. The second-order valence-corrected chi connectivity index (χ2v) is 10.0. The van der Waals surface area contributed by atoms with Crippen molar-refractivity contribution in [2.45, 2.75) is 26.2 Å². The van der Waals surface area contributed by atoms with Gasteiger partial charge < -0.3 is 0 Å². The Balaban J connectivity index is 1.94. The van der Waals surface area contributed by atoms with E-state index >= 15 is 0 Å². The lowest BCUT2D eigenvalue weighted by Crippen LogP contribution is -2.01. The first-order valence-electron chi connectivity index (χ1n) is 6.89. The Bertz CT molecular complexity index is 449. The SMILES string of the molecule is CCc1ccc(CC[P+](C)(C)C2=CC=CC2)cc1. The third-order valence-corrected chi connectivity index (χ3v) is 7.15. The van der Waals surface area contributed by atoms with Gasteiger partial charge in [-0.1, -0.05) is 43.3 Å². The predicted molar refractivity (Wildman–Crippen MR) is 85.0 cm³/mol. The lowest BCUT2D eigenvalue weighted by atomic mass is 10.1. The summed E-state index contributed by atoms with van der Waals surface area (Å²) in [6.45, 7) is 7.17. The van der Waals surface area contributed by atoms with Crippen LogP contribution < -0.4 is 0 Å². The summed E-state index contributed by atoms with van der Waals surface area (Å²) in [5.41, 5.74) is 2.93. The second-order valence-electron chi connectivity index (χ2n) is 5.62. The zero-order valence-corrected chi connectivity index (χ0v) is 12.7. The average Bonchev–Trinajstić information content (AvgIpc) is 2.92. The molecule has 0 aliphatic heterocycles. The van der Waals surface area contributed by atoms with Crippen LogP contribution in [0.2, 0.25) is 0 Å². The predicted octanol–water partition coefficient (Wildman–Crippen LogP) is 4.91. The van der Waals surface area contributed by atoms with Gasteiger partial charge in [0.2, 0.25) is 0 Å². The van der Waals surface area contributed by atoms with E-state index in [1.807, 2.05) is 0 Å². The lowest BCUT2D eigenvalue weighted by Gasteiger charge is -2.19. The highest BCUT2D eigenvalue weighted by molar-refractivity contribution is 7.78. The molecule has 0 N–H and O–H groups in total. The largest absolute Gasteiger partial charge is 0.0767 e. The topological polar surface area (TPSA) is 0 Å². The van der Waals surface area contributed by atoms with Crippen molar-refractivity contribution in [1.82, 2.24) is 0 Å². The van der Waals surface area contributed by atoms with Crippen LogP contribution in [0.15, 0.2) is 47.8 Å². The molecular formula is C17H24P+. The molecule has 0 unspecified atom stereocenters. The van der Waals surface area contributed by atoms with Crippen LogP contribution in [-0.2, 0) is 12.8 Å². The summed E-state index contributed by atoms with van der Waals surface area (Å²) in [4.78, 5) is 0. The Morgan fingerprint density at radius 3 is 2.28 bits per heavy atom. The third-order valence-electron chi connectivity index (χ3n) is 3.92. The van der Waals surface area contributed by atoms with E-state index in [-0.39, 0.29) is 0 Å². The van der Waals surface area contributed by atoms with E-state index < -0.39 is 7.26 Å². The molecule has 2 rings (SSSR count). The van der Waals surface area contributed by atoms with Crippen molar-refractivity contribution in [3.8, 4) is 0 Å². The first-order chi connectivity index (χ1) is 8.62. The van der Waals surface area contributed by atoms with Crippen molar-refractivity contribution in [3.05, 3.63) is 58.9 Å². The quantitative estimate of drug-likeness (QED) is 0.659. The van der Waals surface area contributed by atoms with Crippen LogP contribution in [0.4, 0.5) is 0 Å². The number of hydrogen-bond acceptors (Lipinski definition) is 0. The summed E-state index contributed by atoms with van der Waals surface area (Å²) in [5.74, 6) is 0. The van der Waals surface area contributed by atoms with E-state index in [2.05, 4.69) is 62.7 Å². The molecule has 96 valence electrons. The second kappa shape index (κ2) is 5.85. The molecule has 0 saturated carbocycles. The van der Waals surface area contributed by atoms with Gasteiger partial charge in [-0.3, -0.25) is 0 Å². The zero-order valence-electron chi connectivity index (χ0n) is 11.8. The van der Waals surface area contributed by atoms with Crippen LogP contribution in [0.3, 0.4) is 0 Å². The highest BCUT2D eigenvalue weighted by Gasteiger charge is 2.30. The summed E-state index contributed by atoms with van der Waals surface area (Å²) in [7, 11) is -0.876. The fourth-order valence-corrected chi connectivity index (χ4v) is 4.57. The standard InChI is InChI=1S/C17H24P/c1-4-15-9-11-16(12-10-15)13-14-18(2,3)17-7-5-6-8-17/h5-7,9-12H,4,8,13-14H2,1-3H3/q+1. The molecule has 0 amide bonds. The molecule has 1 heteroatoms. The van der Waals surface area contributed by atoms with Crippen molar-refractivity contribution in [1.29, 1.82) is 0 Å². The van der Waals surface area contributed by atoms with Crippen LogP contribution in [0.5, 0.6) is 0 Å². The van der Waals surface area contributed by atoms with Gasteiger partial charge in [0, 0.05) is 20.1 Å². The molecule has 0 radical (unpaired) electrons. The molecule has 1 aromatic carbocycles. The number of benzene rings is 1. The van der Waals surface area contributed by atoms with Crippen molar-refractivity contribution >= 4 is 7.26 Å². The van der Waals surface area contributed by atoms with Gasteiger partial charge in [0.15, 0.2) is 0 Å². The van der Waals surface area contributed by atoms with E-state index in [9.17, 15) is 0 Å². The van der Waals surface area contributed by atoms with Crippen molar-refractivity contribution < 1.29 is 0 Å². The molecule has 0 fully saturated rings. The van der Waals surface area contributed by atoms with Crippen molar-refractivity contribution in [2.75, 3.05) is 19.5 Å². The highest BCUT2D eigenvalue weighted by atomic mass is 31.2. The Kier molecular flexibility index (Phi) is 4.40. The minimum Gasteiger partial charge on any atom is -0.0767 e. The van der Waals surface area contributed by atoms with Crippen LogP contribution in [0.25, 0.3) is 0 Å². The molecule has 0 saturated heterocycles. The fourth-order valence-electron chi connectivity index (χ4n) is 2.38. The van der Waals surface area contributed by atoms with Gasteiger partial charge in [-0.15, -0.1) is 0 Å². The van der Waals surface area contributed by atoms with Gasteiger partial charge in [-0.2, -0.15) is 0 Å². The third kappa shape index (κ3) is 3.33. The first kappa shape index (κ1) is 13.6. The Hall–Kier alpha value is -0.870. The maximum atomic E-state index is 2.48. The Morgan fingerprint density at radius 2 is 1.72 bits per heavy atom. The van der Waals surface area contributed by atoms with E-state index in [0.29, 0.717) is 0 Å². The Morgan fingerprint density at radius 1 is 1.06 bits per heavy atom. The van der Waals surface area contributed by atoms with E-state index in [1.165, 1.54) is 30.1 Å². The van der Waals surface area contributed by atoms with E-state index in [4.69, 9.17) is 0 Å². The van der Waals surface area contributed by atoms with Gasteiger partial charge in [-0.25, -0.2) is 0 Å². The molecule has 0 atom stereocenters. The minimum atomic E-state index is -0.876. The molecule has 1 aliphatic rings. The zero-order chi connectivity index (χ0) is 13.0. The van der Waals surface area contributed by atoms with Crippen LogP contribution in [0.1, 0.15) is 24.5 Å². The van der Waals surface area contributed by atoms with Crippen LogP contribution in [-0.4, -0.2) is 19.5 Å².